The molecule has 2 heteroatoms. The molecule has 0 heterocycles. The van der Waals surface area contributed by atoms with Gasteiger partial charge in [0.25, 0.3) is 0 Å². The molecule has 0 aliphatic heterocycles. The Morgan fingerprint density at radius 1 is 1.22 bits per heavy atom. The Morgan fingerprint density at radius 3 is 2.33 bits per heavy atom. The van der Waals surface area contributed by atoms with E-state index in [1.165, 1.54) is 5.56 Å². The maximum absolute atomic E-state index is 11.5. The summed E-state index contributed by atoms with van der Waals surface area (Å²) in [6, 6.07) is 8.78. The lowest BCUT2D eigenvalue weighted by Gasteiger charge is -2.18. The van der Waals surface area contributed by atoms with Gasteiger partial charge in [0.2, 0.25) is 5.91 Å². The van der Waals surface area contributed by atoms with Gasteiger partial charge in [-0.05, 0) is 35.5 Å². The van der Waals surface area contributed by atoms with Crippen molar-refractivity contribution in [2.45, 2.75) is 45.1 Å². The number of carbonyl (C=O) groups is 1. The third-order valence-electron chi connectivity index (χ3n) is 3.13. The molecule has 1 aromatic carbocycles. The van der Waals surface area contributed by atoms with Crippen LogP contribution in [0, 0.1) is 0 Å². The minimum atomic E-state index is 0.0115. The van der Waals surface area contributed by atoms with Gasteiger partial charge in [-0.3, -0.25) is 4.79 Å². The van der Waals surface area contributed by atoms with Gasteiger partial charge in [-0.2, -0.15) is 0 Å². The van der Waals surface area contributed by atoms with Crippen LogP contribution in [0.5, 0.6) is 0 Å². The molecule has 18 heavy (non-hydrogen) atoms. The summed E-state index contributed by atoms with van der Waals surface area (Å²) in [6.45, 7) is 6.59. The van der Waals surface area contributed by atoms with Crippen molar-refractivity contribution in [1.29, 1.82) is 0 Å². The highest BCUT2D eigenvalue weighted by Crippen LogP contribution is 2.22. The van der Waals surface area contributed by atoms with Gasteiger partial charge in [0.05, 0.1) is 0 Å². The predicted molar refractivity (Wildman–Crippen MR) is 75.3 cm³/mol. The average Bonchev–Trinajstić information content (AvgIpc) is 3.10. The van der Waals surface area contributed by atoms with Gasteiger partial charge >= 0.3 is 0 Å². The number of benzene rings is 1. The van der Waals surface area contributed by atoms with Crippen molar-refractivity contribution in [3.63, 3.8) is 0 Å². The van der Waals surface area contributed by atoms with E-state index in [1.807, 2.05) is 6.08 Å². The second-order valence-corrected chi connectivity index (χ2v) is 5.99. The third-order valence-corrected chi connectivity index (χ3v) is 3.13. The van der Waals surface area contributed by atoms with Gasteiger partial charge in [0.1, 0.15) is 0 Å². The molecule has 0 radical (unpaired) electrons. The Kier molecular flexibility index (Phi) is 3.55. The van der Waals surface area contributed by atoms with E-state index in [1.54, 1.807) is 6.08 Å². The van der Waals surface area contributed by atoms with Gasteiger partial charge < -0.3 is 5.32 Å². The summed E-state index contributed by atoms with van der Waals surface area (Å²) in [5, 5.41) is 2.93. The van der Waals surface area contributed by atoms with Crippen LogP contribution in [0.2, 0.25) is 0 Å². The topological polar surface area (TPSA) is 29.1 Å². The van der Waals surface area contributed by atoms with Crippen molar-refractivity contribution in [2.75, 3.05) is 0 Å². The van der Waals surface area contributed by atoms with E-state index in [0.717, 1.165) is 18.4 Å². The fraction of sp³-hybridized carbons (Fsp3) is 0.438. The van der Waals surface area contributed by atoms with Crippen LogP contribution < -0.4 is 5.32 Å². The third kappa shape index (κ3) is 3.73. The molecule has 2 nitrogen and oxygen atoms in total. The number of hydrogen-bond donors (Lipinski definition) is 1. The summed E-state index contributed by atoms with van der Waals surface area (Å²) in [5.41, 5.74) is 2.54. The zero-order valence-electron chi connectivity index (χ0n) is 11.4. The molecule has 0 saturated heterocycles. The molecule has 0 atom stereocenters. The molecule has 1 N–H and O–H groups in total. The lowest BCUT2D eigenvalue weighted by molar-refractivity contribution is -0.116. The molecule has 1 fully saturated rings. The van der Waals surface area contributed by atoms with E-state index in [-0.39, 0.29) is 11.3 Å². The monoisotopic (exact) mass is 243 g/mol. The van der Waals surface area contributed by atoms with Crippen LogP contribution in [0.1, 0.15) is 44.7 Å². The van der Waals surface area contributed by atoms with Gasteiger partial charge in [-0.15, -0.1) is 0 Å². The van der Waals surface area contributed by atoms with Gasteiger partial charge in [0, 0.05) is 12.1 Å². The van der Waals surface area contributed by atoms with Gasteiger partial charge in [-0.1, -0.05) is 45.0 Å². The Labute approximate surface area is 109 Å². The first-order valence-corrected chi connectivity index (χ1v) is 6.54. The molecular formula is C16H21NO. The molecule has 0 unspecified atom stereocenters. The maximum atomic E-state index is 11.5. The van der Waals surface area contributed by atoms with Crippen LogP contribution in [0.15, 0.2) is 30.3 Å². The first-order valence-electron chi connectivity index (χ1n) is 6.54. The smallest absolute Gasteiger partial charge is 0.244 e. The molecule has 1 saturated carbocycles. The quantitative estimate of drug-likeness (QED) is 0.811. The maximum Gasteiger partial charge on any atom is 0.244 e. The standard InChI is InChI=1S/C16H21NO/c1-16(2,3)13-7-4-12(5-8-13)6-11-15(18)17-14-9-10-14/h4-8,11,14H,9-10H2,1-3H3,(H,17,18). The second kappa shape index (κ2) is 4.97. The van der Waals surface area contributed by atoms with Crippen molar-refractivity contribution in [2.24, 2.45) is 0 Å². The Balaban J connectivity index is 1.96. The SMILES string of the molecule is CC(C)(C)c1ccc(C=CC(=O)NC2CC2)cc1. The first-order chi connectivity index (χ1) is 8.45. The average molecular weight is 243 g/mol. The van der Waals surface area contributed by atoms with E-state index < -0.39 is 0 Å². The zero-order chi connectivity index (χ0) is 13.2. The van der Waals surface area contributed by atoms with Crippen LogP contribution in [0.4, 0.5) is 0 Å². The number of nitrogens with one attached hydrogen (secondary N) is 1. The Hall–Kier alpha value is -1.57. The Bertz CT molecular complexity index is 447. The molecule has 0 spiro atoms. The fourth-order valence-corrected chi connectivity index (χ4v) is 1.74. The molecule has 2 rings (SSSR count). The summed E-state index contributed by atoms with van der Waals surface area (Å²) >= 11 is 0. The number of hydrogen-bond acceptors (Lipinski definition) is 1. The van der Waals surface area contributed by atoms with E-state index >= 15 is 0 Å². The van der Waals surface area contributed by atoms with E-state index in [0.29, 0.717) is 6.04 Å². The van der Waals surface area contributed by atoms with Gasteiger partial charge in [0.15, 0.2) is 0 Å². The van der Waals surface area contributed by atoms with E-state index in [4.69, 9.17) is 0 Å². The molecule has 96 valence electrons. The zero-order valence-corrected chi connectivity index (χ0v) is 11.4. The number of rotatable bonds is 3. The Morgan fingerprint density at radius 2 is 1.83 bits per heavy atom. The summed E-state index contributed by atoms with van der Waals surface area (Å²) in [6.07, 6.45) is 5.73. The molecular weight excluding hydrogens is 222 g/mol. The molecule has 1 aromatic rings. The number of amides is 1. The van der Waals surface area contributed by atoms with Crippen LogP contribution in [0.3, 0.4) is 0 Å². The van der Waals surface area contributed by atoms with Crippen molar-refractivity contribution >= 4 is 12.0 Å². The van der Waals surface area contributed by atoms with Crippen molar-refractivity contribution in [3.8, 4) is 0 Å². The summed E-state index contributed by atoms with van der Waals surface area (Å²) in [7, 11) is 0. The van der Waals surface area contributed by atoms with E-state index in [9.17, 15) is 4.79 Å². The molecule has 0 aromatic heterocycles. The van der Waals surface area contributed by atoms with Crippen molar-refractivity contribution in [3.05, 3.63) is 41.5 Å². The second-order valence-electron chi connectivity index (χ2n) is 5.99. The van der Waals surface area contributed by atoms with Gasteiger partial charge in [-0.25, -0.2) is 0 Å². The molecule has 0 bridgehead atoms. The summed E-state index contributed by atoms with van der Waals surface area (Å²) in [4.78, 5) is 11.5. The molecule has 1 aliphatic rings. The lowest BCUT2D eigenvalue weighted by Crippen LogP contribution is -2.22. The number of carbonyl (C=O) groups excluding carboxylic acids is 1. The minimum Gasteiger partial charge on any atom is -0.350 e. The predicted octanol–water partition coefficient (Wildman–Crippen LogP) is 3.28. The highest BCUT2D eigenvalue weighted by molar-refractivity contribution is 5.92. The highest BCUT2D eigenvalue weighted by Gasteiger charge is 2.22. The van der Waals surface area contributed by atoms with Crippen LogP contribution >= 0.6 is 0 Å². The molecule has 1 aliphatic carbocycles. The van der Waals surface area contributed by atoms with E-state index in [2.05, 4.69) is 50.4 Å². The minimum absolute atomic E-state index is 0.0115. The highest BCUT2D eigenvalue weighted by atomic mass is 16.1. The fourth-order valence-electron chi connectivity index (χ4n) is 1.74. The van der Waals surface area contributed by atoms with Crippen LogP contribution in [-0.4, -0.2) is 11.9 Å². The largest absolute Gasteiger partial charge is 0.350 e. The lowest BCUT2D eigenvalue weighted by atomic mass is 9.87. The van der Waals surface area contributed by atoms with Crippen molar-refractivity contribution in [1.82, 2.24) is 5.32 Å². The molecule has 1 amide bonds. The summed E-state index contributed by atoms with van der Waals surface area (Å²) < 4.78 is 0. The van der Waals surface area contributed by atoms with Crippen LogP contribution in [-0.2, 0) is 10.2 Å². The first kappa shape index (κ1) is 12.9. The van der Waals surface area contributed by atoms with Crippen LogP contribution in [0.25, 0.3) is 6.08 Å². The summed E-state index contributed by atoms with van der Waals surface area (Å²) in [5.74, 6) is 0.0115. The normalized spacial score (nSPS) is 15.9. The van der Waals surface area contributed by atoms with Crippen molar-refractivity contribution < 1.29 is 4.79 Å².